The summed E-state index contributed by atoms with van der Waals surface area (Å²) in [5.74, 6) is -0.643. The highest BCUT2D eigenvalue weighted by molar-refractivity contribution is 5.97. The van der Waals surface area contributed by atoms with Crippen LogP contribution in [0.25, 0.3) is 0 Å². The second-order valence-corrected chi connectivity index (χ2v) is 4.95. The lowest BCUT2D eigenvalue weighted by atomic mass is 10.1. The normalized spacial score (nSPS) is 15.4. The SMILES string of the molecule is N/C(=N/O)c1cccc(CNCCC2=CCCC2)c1F. The monoisotopic (exact) mass is 277 g/mol. The van der Waals surface area contributed by atoms with Gasteiger partial charge in [0.15, 0.2) is 5.84 Å². The van der Waals surface area contributed by atoms with Crippen LogP contribution in [0.1, 0.15) is 36.8 Å². The third-order valence-electron chi connectivity index (χ3n) is 3.54. The van der Waals surface area contributed by atoms with Gasteiger partial charge in [0.1, 0.15) is 5.82 Å². The molecule has 20 heavy (non-hydrogen) atoms. The molecule has 0 saturated heterocycles. The molecule has 0 aliphatic heterocycles. The van der Waals surface area contributed by atoms with Crippen molar-refractivity contribution in [2.45, 2.75) is 32.2 Å². The molecule has 4 N–H and O–H groups in total. The minimum Gasteiger partial charge on any atom is -0.409 e. The number of nitrogens with one attached hydrogen (secondary N) is 1. The first kappa shape index (κ1) is 14.5. The van der Waals surface area contributed by atoms with Crippen molar-refractivity contribution in [3.8, 4) is 0 Å². The number of amidine groups is 1. The number of halogens is 1. The van der Waals surface area contributed by atoms with Gasteiger partial charge >= 0.3 is 0 Å². The Morgan fingerprint density at radius 2 is 2.30 bits per heavy atom. The first-order valence-corrected chi connectivity index (χ1v) is 6.86. The first-order chi connectivity index (χ1) is 9.72. The molecule has 4 nitrogen and oxygen atoms in total. The van der Waals surface area contributed by atoms with Gasteiger partial charge in [0.2, 0.25) is 0 Å². The van der Waals surface area contributed by atoms with E-state index >= 15 is 0 Å². The summed E-state index contributed by atoms with van der Waals surface area (Å²) in [5, 5.41) is 14.7. The van der Waals surface area contributed by atoms with Crippen LogP contribution in [0.2, 0.25) is 0 Å². The van der Waals surface area contributed by atoms with Crippen LogP contribution < -0.4 is 11.1 Å². The molecular formula is C15H20FN3O. The Labute approximate surface area is 118 Å². The van der Waals surface area contributed by atoms with E-state index < -0.39 is 5.82 Å². The zero-order chi connectivity index (χ0) is 14.4. The Balaban J connectivity index is 1.89. The zero-order valence-corrected chi connectivity index (χ0v) is 11.4. The average Bonchev–Trinajstić information content (AvgIpc) is 2.97. The molecule has 0 spiro atoms. The minimum atomic E-state index is -0.435. The quantitative estimate of drug-likeness (QED) is 0.187. The molecule has 5 heteroatoms. The molecule has 0 radical (unpaired) electrons. The van der Waals surface area contributed by atoms with Crippen LogP contribution in [0.3, 0.4) is 0 Å². The number of oxime groups is 1. The van der Waals surface area contributed by atoms with E-state index in [1.54, 1.807) is 12.1 Å². The highest BCUT2D eigenvalue weighted by atomic mass is 19.1. The van der Waals surface area contributed by atoms with Crippen LogP contribution in [-0.2, 0) is 6.54 Å². The molecule has 0 bridgehead atoms. The van der Waals surface area contributed by atoms with Crippen LogP contribution in [0.4, 0.5) is 4.39 Å². The van der Waals surface area contributed by atoms with Crippen molar-refractivity contribution in [1.29, 1.82) is 0 Å². The molecule has 1 aliphatic rings. The van der Waals surface area contributed by atoms with Gasteiger partial charge in [0, 0.05) is 12.1 Å². The van der Waals surface area contributed by atoms with E-state index in [0.29, 0.717) is 12.1 Å². The van der Waals surface area contributed by atoms with Crippen molar-refractivity contribution in [2.75, 3.05) is 6.54 Å². The molecule has 1 aromatic rings. The van der Waals surface area contributed by atoms with Crippen molar-refractivity contribution in [3.63, 3.8) is 0 Å². The van der Waals surface area contributed by atoms with Crippen molar-refractivity contribution < 1.29 is 9.60 Å². The fraction of sp³-hybridized carbons (Fsp3) is 0.400. The van der Waals surface area contributed by atoms with E-state index in [0.717, 1.165) is 13.0 Å². The Morgan fingerprint density at radius 3 is 3.00 bits per heavy atom. The predicted octanol–water partition coefficient (Wildman–Crippen LogP) is 2.51. The summed E-state index contributed by atoms with van der Waals surface area (Å²) in [4.78, 5) is 0. The van der Waals surface area contributed by atoms with Gasteiger partial charge in [0.05, 0.1) is 5.56 Å². The number of nitrogens with two attached hydrogens (primary N) is 1. The maximum atomic E-state index is 14.1. The molecule has 1 aromatic carbocycles. The summed E-state index contributed by atoms with van der Waals surface area (Å²) in [6, 6.07) is 4.90. The maximum absolute atomic E-state index is 14.1. The van der Waals surface area contributed by atoms with Gasteiger partial charge in [-0.2, -0.15) is 0 Å². The van der Waals surface area contributed by atoms with Gasteiger partial charge in [0.25, 0.3) is 0 Å². The number of hydrogen-bond donors (Lipinski definition) is 3. The van der Waals surface area contributed by atoms with E-state index in [4.69, 9.17) is 10.9 Å². The molecule has 0 unspecified atom stereocenters. The molecular weight excluding hydrogens is 257 g/mol. The lowest BCUT2D eigenvalue weighted by molar-refractivity contribution is 0.318. The van der Waals surface area contributed by atoms with Crippen LogP contribution >= 0.6 is 0 Å². The number of benzene rings is 1. The fourth-order valence-electron chi connectivity index (χ4n) is 2.40. The Hall–Kier alpha value is -1.88. The van der Waals surface area contributed by atoms with Crippen LogP contribution in [-0.4, -0.2) is 17.6 Å². The minimum absolute atomic E-state index is 0.130. The predicted molar refractivity (Wildman–Crippen MR) is 77.2 cm³/mol. The largest absolute Gasteiger partial charge is 0.409 e. The molecule has 0 fully saturated rings. The maximum Gasteiger partial charge on any atom is 0.173 e. The molecule has 0 amide bonds. The number of rotatable bonds is 6. The summed E-state index contributed by atoms with van der Waals surface area (Å²) in [5.41, 5.74) is 7.58. The summed E-state index contributed by atoms with van der Waals surface area (Å²) < 4.78 is 14.1. The van der Waals surface area contributed by atoms with Crippen molar-refractivity contribution in [1.82, 2.24) is 5.32 Å². The molecule has 1 aliphatic carbocycles. The number of allylic oxidation sites excluding steroid dienone is 1. The van der Waals surface area contributed by atoms with Gasteiger partial charge in [-0.3, -0.25) is 0 Å². The molecule has 0 atom stereocenters. The second-order valence-electron chi connectivity index (χ2n) is 4.95. The lowest BCUT2D eigenvalue weighted by Crippen LogP contribution is -2.19. The van der Waals surface area contributed by atoms with Crippen molar-refractivity contribution in [3.05, 3.63) is 46.8 Å². The van der Waals surface area contributed by atoms with E-state index in [9.17, 15) is 4.39 Å². The number of hydrogen-bond acceptors (Lipinski definition) is 3. The van der Waals surface area contributed by atoms with E-state index in [1.165, 1.54) is 30.9 Å². The van der Waals surface area contributed by atoms with E-state index in [2.05, 4.69) is 16.5 Å². The highest BCUT2D eigenvalue weighted by Gasteiger charge is 2.11. The van der Waals surface area contributed by atoms with Crippen LogP contribution in [0.15, 0.2) is 35.0 Å². The van der Waals surface area contributed by atoms with E-state index in [1.807, 2.05) is 0 Å². The molecule has 0 heterocycles. The van der Waals surface area contributed by atoms with E-state index in [-0.39, 0.29) is 11.4 Å². The molecule has 108 valence electrons. The lowest BCUT2D eigenvalue weighted by Gasteiger charge is -2.09. The summed E-state index contributed by atoms with van der Waals surface area (Å²) in [6.45, 7) is 1.27. The van der Waals surface area contributed by atoms with Gasteiger partial charge in [-0.05, 0) is 38.3 Å². The Morgan fingerprint density at radius 1 is 1.45 bits per heavy atom. The molecule has 0 aromatic heterocycles. The summed E-state index contributed by atoms with van der Waals surface area (Å²) in [6.07, 6.45) is 6.94. The average molecular weight is 277 g/mol. The zero-order valence-electron chi connectivity index (χ0n) is 11.4. The second kappa shape index (κ2) is 7.05. The standard InChI is InChI=1S/C15H20FN3O/c16-14-12(6-3-7-13(14)15(17)19-20)10-18-9-8-11-4-1-2-5-11/h3-4,6-7,18,20H,1-2,5,8-10H2,(H2,17,19). The van der Waals surface area contributed by atoms with Crippen LogP contribution in [0, 0.1) is 5.82 Å². The smallest absolute Gasteiger partial charge is 0.173 e. The number of nitrogens with zero attached hydrogens (tertiary/aromatic N) is 1. The van der Waals surface area contributed by atoms with Crippen molar-refractivity contribution >= 4 is 5.84 Å². The third kappa shape index (κ3) is 3.57. The summed E-state index contributed by atoms with van der Waals surface area (Å²) >= 11 is 0. The topological polar surface area (TPSA) is 70.6 Å². The Bertz CT molecular complexity index is 526. The van der Waals surface area contributed by atoms with Gasteiger partial charge < -0.3 is 16.3 Å². The summed E-state index contributed by atoms with van der Waals surface area (Å²) in [7, 11) is 0. The molecule has 2 rings (SSSR count). The fourth-order valence-corrected chi connectivity index (χ4v) is 2.40. The third-order valence-corrected chi connectivity index (χ3v) is 3.54. The molecule has 0 saturated carbocycles. The highest BCUT2D eigenvalue weighted by Crippen LogP contribution is 2.20. The first-order valence-electron chi connectivity index (χ1n) is 6.86. The van der Waals surface area contributed by atoms with Gasteiger partial charge in [-0.25, -0.2) is 4.39 Å². The van der Waals surface area contributed by atoms with Gasteiger partial charge in [-0.1, -0.05) is 28.9 Å². The van der Waals surface area contributed by atoms with Gasteiger partial charge in [-0.15, -0.1) is 0 Å². The Kier molecular flexibility index (Phi) is 5.12. The van der Waals surface area contributed by atoms with Crippen LogP contribution in [0.5, 0.6) is 0 Å². The van der Waals surface area contributed by atoms with Crippen molar-refractivity contribution in [2.24, 2.45) is 10.9 Å².